The number of hydrogen-bond donors (Lipinski definition) is 0. The number of carbonyl (C=O) groups excluding carboxylic acids is 2. The van der Waals surface area contributed by atoms with Gasteiger partial charge in [0.1, 0.15) is 5.82 Å². The van der Waals surface area contributed by atoms with E-state index < -0.39 is 0 Å². The molecule has 0 radical (unpaired) electrons. The molecule has 1 aliphatic carbocycles. The minimum absolute atomic E-state index is 0.180. The van der Waals surface area contributed by atoms with E-state index in [2.05, 4.69) is 10.1 Å². The Labute approximate surface area is 144 Å². The first-order chi connectivity index (χ1) is 12.1. The molecule has 2 atom stereocenters. The van der Waals surface area contributed by atoms with Crippen LogP contribution in [0, 0.1) is 12.8 Å². The number of benzene rings is 1. The lowest BCUT2D eigenvalue weighted by molar-refractivity contribution is 0.0646. The molecule has 2 aromatic heterocycles. The summed E-state index contributed by atoms with van der Waals surface area (Å²) >= 11 is 0. The van der Waals surface area contributed by atoms with Crippen molar-refractivity contribution >= 4 is 17.5 Å². The zero-order valence-corrected chi connectivity index (χ0v) is 13.7. The van der Waals surface area contributed by atoms with Gasteiger partial charge < -0.3 is 0 Å². The number of carbonyl (C=O) groups is 2. The third kappa shape index (κ3) is 2.10. The molecule has 0 spiro atoms. The molecule has 1 aromatic carbocycles. The molecule has 0 saturated heterocycles. The van der Waals surface area contributed by atoms with E-state index in [1.54, 1.807) is 24.3 Å². The molecule has 0 N–H and O–H groups in total. The average Bonchev–Trinajstić information content (AvgIpc) is 3.21. The maximum absolute atomic E-state index is 12.5. The Hall–Kier alpha value is -3.02. The van der Waals surface area contributed by atoms with Crippen molar-refractivity contribution in [2.45, 2.75) is 19.3 Å². The molecular formula is C19H16N4O2. The average molecular weight is 332 g/mol. The third-order valence-corrected chi connectivity index (χ3v) is 5.09. The SMILES string of the molecule is Cc1nc2cccc(C3CC3CN3C(=O)c4ccccc4C3=O)n2n1. The van der Waals surface area contributed by atoms with Crippen LogP contribution in [0.4, 0.5) is 0 Å². The number of imide groups is 1. The summed E-state index contributed by atoms with van der Waals surface area (Å²) < 4.78 is 1.88. The minimum atomic E-state index is -0.180. The van der Waals surface area contributed by atoms with Crippen LogP contribution >= 0.6 is 0 Å². The third-order valence-electron chi connectivity index (χ3n) is 5.09. The van der Waals surface area contributed by atoms with Crippen molar-refractivity contribution in [1.82, 2.24) is 19.5 Å². The van der Waals surface area contributed by atoms with Crippen molar-refractivity contribution in [3.8, 4) is 0 Å². The van der Waals surface area contributed by atoms with Crippen molar-refractivity contribution < 1.29 is 9.59 Å². The highest BCUT2D eigenvalue weighted by atomic mass is 16.2. The highest BCUT2D eigenvalue weighted by Gasteiger charge is 2.45. The fraction of sp³-hybridized carbons (Fsp3) is 0.263. The number of aryl methyl sites for hydroxylation is 1. The van der Waals surface area contributed by atoms with Gasteiger partial charge in [-0.3, -0.25) is 14.5 Å². The van der Waals surface area contributed by atoms with Crippen LogP contribution in [-0.2, 0) is 0 Å². The molecule has 0 bridgehead atoms. The summed E-state index contributed by atoms with van der Waals surface area (Å²) in [4.78, 5) is 30.8. The molecule has 25 heavy (non-hydrogen) atoms. The summed E-state index contributed by atoms with van der Waals surface area (Å²) in [5.74, 6) is 0.957. The van der Waals surface area contributed by atoms with Gasteiger partial charge in [0.05, 0.1) is 11.1 Å². The Balaban J connectivity index is 1.39. The number of aromatic nitrogens is 3. The maximum atomic E-state index is 12.5. The molecule has 3 aromatic rings. The number of rotatable bonds is 3. The van der Waals surface area contributed by atoms with Crippen molar-refractivity contribution in [2.75, 3.05) is 6.54 Å². The molecular weight excluding hydrogens is 316 g/mol. The monoisotopic (exact) mass is 332 g/mol. The van der Waals surface area contributed by atoms with Crippen molar-refractivity contribution in [1.29, 1.82) is 0 Å². The normalized spacial score (nSPS) is 21.9. The van der Waals surface area contributed by atoms with Gasteiger partial charge in [-0.1, -0.05) is 18.2 Å². The van der Waals surface area contributed by atoms with E-state index >= 15 is 0 Å². The number of pyridine rings is 1. The van der Waals surface area contributed by atoms with Gasteiger partial charge in [-0.2, -0.15) is 5.10 Å². The molecule has 2 unspecified atom stereocenters. The summed E-state index contributed by atoms with van der Waals surface area (Å²) in [5.41, 5.74) is 2.96. The molecule has 124 valence electrons. The predicted molar refractivity (Wildman–Crippen MR) is 90.4 cm³/mol. The largest absolute Gasteiger partial charge is 0.274 e. The van der Waals surface area contributed by atoms with Gasteiger partial charge in [0.25, 0.3) is 11.8 Å². The second kappa shape index (κ2) is 4.99. The van der Waals surface area contributed by atoms with Gasteiger partial charge in [-0.25, -0.2) is 9.50 Å². The van der Waals surface area contributed by atoms with Crippen molar-refractivity contribution in [3.63, 3.8) is 0 Å². The molecule has 3 heterocycles. The topological polar surface area (TPSA) is 67.6 Å². The van der Waals surface area contributed by atoms with Gasteiger partial charge in [-0.05, 0) is 43.5 Å². The van der Waals surface area contributed by atoms with Gasteiger partial charge in [0.2, 0.25) is 0 Å². The zero-order valence-electron chi connectivity index (χ0n) is 13.7. The van der Waals surface area contributed by atoms with Crippen LogP contribution in [0.5, 0.6) is 0 Å². The summed E-state index contributed by atoms with van der Waals surface area (Å²) in [6.07, 6.45) is 0.950. The predicted octanol–water partition coefficient (Wildman–Crippen LogP) is 2.44. The Kier molecular flexibility index (Phi) is 2.86. The van der Waals surface area contributed by atoms with Gasteiger partial charge in [0, 0.05) is 18.2 Å². The Bertz CT molecular complexity index is 1000. The van der Waals surface area contributed by atoms with Crippen LogP contribution in [0.25, 0.3) is 5.65 Å². The fourth-order valence-electron chi connectivity index (χ4n) is 3.76. The molecule has 5 rings (SSSR count). The molecule has 2 amide bonds. The standard InChI is InChI=1S/C19H16N4O2/c1-11-20-17-8-4-7-16(23(17)21-11)15-9-12(15)10-22-18(24)13-5-2-3-6-14(13)19(22)25/h2-8,12,15H,9-10H2,1H3. The van der Waals surface area contributed by atoms with Crippen molar-refractivity contribution in [3.05, 3.63) is 65.1 Å². The molecule has 1 fully saturated rings. The number of fused-ring (bicyclic) bond motifs is 2. The van der Waals surface area contributed by atoms with Gasteiger partial charge in [0.15, 0.2) is 5.65 Å². The lowest BCUT2D eigenvalue weighted by Gasteiger charge is -2.13. The summed E-state index contributed by atoms with van der Waals surface area (Å²) in [6, 6.07) is 13.0. The number of nitrogens with zero attached hydrogens (tertiary/aromatic N) is 4. The fourth-order valence-corrected chi connectivity index (χ4v) is 3.76. The second-order valence-corrected chi connectivity index (χ2v) is 6.75. The van der Waals surface area contributed by atoms with Crippen LogP contribution in [0.15, 0.2) is 42.5 Å². The summed E-state index contributed by atoms with van der Waals surface area (Å²) in [5, 5.41) is 4.46. The lowest BCUT2D eigenvalue weighted by atomic mass is 10.1. The van der Waals surface area contributed by atoms with E-state index in [4.69, 9.17) is 0 Å². The van der Waals surface area contributed by atoms with Gasteiger partial charge in [-0.15, -0.1) is 0 Å². The van der Waals surface area contributed by atoms with E-state index in [1.165, 1.54) is 4.90 Å². The number of amides is 2. The lowest BCUT2D eigenvalue weighted by Crippen LogP contribution is -2.32. The number of hydrogen-bond acceptors (Lipinski definition) is 4. The Morgan fingerprint density at radius 3 is 2.48 bits per heavy atom. The first kappa shape index (κ1) is 14.3. The minimum Gasteiger partial charge on any atom is -0.274 e. The van der Waals surface area contributed by atoms with Crippen molar-refractivity contribution in [2.24, 2.45) is 5.92 Å². The van der Waals surface area contributed by atoms with Crippen LogP contribution in [-0.4, -0.2) is 37.9 Å². The first-order valence-corrected chi connectivity index (χ1v) is 8.41. The van der Waals surface area contributed by atoms with E-state index in [0.717, 1.165) is 23.6 Å². The summed E-state index contributed by atoms with van der Waals surface area (Å²) in [7, 11) is 0. The van der Waals surface area contributed by atoms with Crippen LogP contribution < -0.4 is 0 Å². The quantitative estimate of drug-likeness (QED) is 0.691. The van der Waals surface area contributed by atoms with Crippen LogP contribution in [0.3, 0.4) is 0 Å². The maximum Gasteiger partial charge on any atom is 0.261 e. The van der Waals surface area contributed by atoms with E-state index in [1.807, 2.05) is 29.6 Å². The van der Waals surface area contributed by atoms with E-state index in [-0.39, 0.29) is 17.7 Å². The molecule has 6 nitrogen and oxygen atoms in total. The van der Waals surface area contributed by atoms with E-state index in [0.29, 0.717) is 23.6 Å². The van der Waals surface area contributed by atoms with E-state index in [9.17, 15) is 9.59 Å². The molecule has 6 heteroatoms. The highest BCUT2D eigenvalue weighted by Crippen LogP contribution is 2.48. The molecule has 1 aliphatic heterocycles. The van der Waals surface area contributed by atoms with Crippen LogP contribution in [0.1, 0.15) is 44.6 Å². The zero-order chi connectivity index (χ0) is 17.1. The molecule has 1 saturated carbocycles. The Morgan fingerprint density at radius 1 is 1.04 bits per heavy atom. The molecule has 2 aliphatic rings. The smallest absolute Gasteiger partial charge is 0.261 e. The second-order valence-electron chi connectivity index (χ2n) is 6.75. The Morgan fingerprint density at radius 2 is 1.76 bits per heavy atom. The summed E-state index contributed by atoms with van der Waals surface area (Å²) in [6.45, 7) is 2.33. The van der Waals surface area contributed by atoms with Crippen LogP contribution in [0.2, 0.25) is 0 Å². The first-order valence-electron chi connectivity index (χ1n) is 8.41. The highest BCUT2D eigenvalue weighted by molar-refractivity contribution is 6.21. The van der Waals surface area contributed by atoms with Gasteiger partial charge >= 0.3 is 0 Å².